The van der Waals surface area contributed by atoms with Crippen molar-refractivity contribution in [2.24, 2.45) is 11.8 Å². The van der Waals surface area contributed by atoms with Crippen molar-refractivity contribution in [2.75, 3.05) is 31.1 Å². The Morgan fingerprint density at radius 1 is 1.00 bits per heavy atom. The van der Waals surface area contributed by atoms with E-state index in [-0.39, 0.29) is 57.1 Å². The summed E-state index contributed by atoms with van der Waals surface area (Å²) in [6.07, 6.45) is 4.11. The molecule has 3 saturated heterocycles. The molecular formula is C38H37Cl2F3N3O7S+. The molecule has 4 fully saturated rings. The third kappa shape index (κ3) is 9.16. The van der Waals surface area contributed by atoms with Crippen LogP contribution in [0.2, 0.25) is 10.0 Å². The number of ether oxygens (including phenoxy) is 4. The molecule has 286 valence electrons. The van der Waals surface area contributed by atoms with Crippen LogP contribution in [-0.4, -0.2) is 61.1 Å². The highest BCUT2D eigenvalue weighted by Crippen LogP contribution is 2.39. The van der Waals surface area contributed by atoms with Crippen LogP contribution in [0.4, 0.5) is 23.7 Å². The minimum absolute atomic E-state index is 0.0427. The first-order valence-electron chi connectivity index (χ1n) is 17.6. The van der Waals surface area contributed by atoms with E-state index in [0.717, 1.165) is 50.1 Å². The molecule has 1 amide bonds. The number of hydrogen-bond donors (Lipinski definition) is 1. The van der Waals surface area contributed by atoms with Gasteiger partial charge >= 0.3 is 18.7 Å². The second-order valence-electron chi connectivity index (χ2n) is 13.6. The molecule has 2 atom stereocenters. The Kier molecular flexibility index (Phi) is 11.7. The van der Waals surface area contributed by atoms with Crippen molar-refractivity contribution in [3.8, 4) is 11.5 Å². The molecule has 4 aliphatic rings. The van der Waals surface area contributed by atoms with Crippen molar-refractivity contribution >= 4 is 52.3 Å². The molecule has 0 unspecified atom stereocenters. The number of halogens is 5. The van der Waals surface area contributed by atoms with Gasteiger partial charge in [0.05, 0.1) is 18.8 Å². The summed E-state index contributed by atoms with van der Waals surface area (Å²) in [4.78, 5) is 31.7. The van der Waals surface area contributed by atoms with Gasteiger partial charge in [-0.05, 0) is 92.6 Å². The topological polar surface area (TPSA) is 102 Å². The van der Waals surface area contributed by atoms with Crippen LogP contribution >= 0.6 is 34.5 Å². The molecule has 54 heavy (non-hydrogen) atoms. The van der Waals surface area contributed by atoms with E-state index in [9.17, 15) is 23.6 Å². The molecule has 3 aliphatic heterocycles. The third-order valence-electron chi connectivity index (χ3n) is 9.82. The number of carbonyl (C=O) groups is 2. The lowest BCUT2D eigenvalue weighted by Gasteiger charge is -2.44. The van der Waals surface area contributed by atoms with Crippen LogP contribution in [0.25, 0.3) is 0 Å². The molecule has 1 aliphatic carbocycles. The van der Waals surface area contributed by atoms with Gasteiger partial charge in [0.15, 0.2) is 11.5 Å². The lowest BCUT2D eigenvalue weighted by atomic mass is 9.86. The highest BCUT2D eigenvalue weighted by Gasteiger charge is 2.38. The van der Waals surface area contributed by atoms with Crippen LogP contribution in [0, 0.1) is 17.7 Å². The lowest BCUT2D eigenvalue weighted by molar-refractivity contribution is -0.904. The van der Waals surface area contributed by atoms with Crippen molar-refractivity contribution in [3.05, 3.63) is 104 Å². The molecule has 2 bridgehead atoms. The van der Waals surface area contributed by atoms with E-state index >= 15 is 4.39 Å². The number of esters is 1. The molecule has 10 nitrogen and oxygen atoms in total. The molecular weight excluding hydrogens is 770 g/mol. The highest BCUT2D eigenvalue weighted by molar-refractivity contribution is 7.14. The molecule has 5 heterocycles. The van der Waals surface area contributed by atoms with E-state index in [1.807, 2.05) is 0 Å². The number of nitrogens with zero attached hydrogens (tertiary/aromatic N) is 3. The summed E-state index contributed by atoms with van der Waals surface area (Å²) in [5.41, 5.74) is 0.770. The third-order valence-corrected chi connectivity index (χ3v) is 11.5. The quantitative estimate of drug-likeness (QED) is 0.0770. The van der Waals surface area contributed by atoms with E-state index < -0.39 is 30.6 Å². The second-order valence-corrected chi connectivity index (χ2v) is 15.6. The van der Waals surface area contributed by atoms with Gasteiger partial charge in [-0.15, -0.1) is 11.3 Å². The van der Waals surface area contributed by atoms with Gasteiger partial charge in [0.25, 0.3) is 0 Å². The van der Waals surface area contributed by atoms with Crippen LogP contribution < -0.4 is 19.1 Å². The van der Waals surface area contributed by atoms with Crippen molar-refractivity contribution in [1.82, 2.24) is 4.90 Å². The fourth-order valence-corrected chi connectivity index (χ4v) is 8.23. The SMILES string of the molecule is O=C(O[C@@H](Cc1c(Cl)c[n+](O)cc1Cl)c1ccc(OC(F)F)c(OCC2CC2)c1)c1ccc(CN(C(=O)O[C@H]2CN3CCC2CC3)c2ccccc2F)s1. The number of alkyl halides is 2. The smallest absolute Gasteiger partial charge is 0.415 e. The summed E-state index contributed by atoms with van der Waals surface area (Å²) >= 11 is 13.9. The molecule has 1 N–H and O–H groups in total. The van der Waals surface area contributed by atoms with E-state index in [2.05, 4.69) is 4.90 Å². The standard InChI is InChI=1S/C38H37Cl2F3N3O7S/c39-27-18-45(49)19-28(40)26(27)16-32(24-7-9-31(52-37(42)43)33(15-24)50-21-22-5-6-22)51-36(47)35-10-8-25(54-35)17-46(30-4-2-1-3-29(30)41)38(48)53-34-20-44-13-11-23(34)12-14-44/h1-4,7-10,15,18-19,22-23,32,34,37,49H,5-6,11-14,16-17,20-21H2/q+1/t32-,34-/m0/s1. The predicted octanol–water partition coefficient (Wildman–Crippen LogP) is 8.49. The Morgan fingerprint density at radius 3 is 2.41 bits per heavy atom. The van der Waals surface area contributed by atoms with Gasteiger partial charge in [0, 0.05) is 28.1 Å². The second kappa shape index (κ2) is 16.6. The first-order valence-corrected chi connectivity index (χ1v) is 19.1. The van der Waals surface area contributed by atoms with E-state index in [1.165, 1.54) is 53.7 Å². The number of carbonyl (C=O) groups excluding carboxylic acids is 2. The highest BCUT2D eigenvalue weighted by atomic mass is 35.5. The number of amides is 1. The van der Waals surface area contributed by atoms with Gasteiger partial charge in [0.1, 0.15) is 32.9 Å². The normalized spacial score (nSPS) is 19.7. The molecule has 4 aromatic rings. The number of rotatable bonds is 14. The largest absolute Gasteiger partial charge is 0.489 e. The number of aromatic nitrogens is 1. The van der Waals surface area contributed by atoms with Crippen molar-refractivity contribution in [3.63, 3.8) is 0 Å². The molecule has 8 rings (SSSR count). The molecule has 1 saturated carbocycles. The van der Waals surface area contributed by atoms with Gasteiger partial charge < -0.3 is 18.9 Å². The Balaban J connectivity index is 1.13. The number of hydrogen-bond acceptors (Lipinski definition) is 9. The van der Waals surface area contributed by atoms with Crippen LogP contribution in [-0.2, 0) is 22.4 Å². The number of para-hydroxylation sites is 1. The maximum absolute atomic E-state index is 15.1. The number of thiophene rings is 1. The summed E-state index contributed by atoms with van der Waals surface area (Å²) in [6, 6.07) is 13.4. The fourth-order valence-electron chi connectivity index (χ4n) is 6.74. The molecule has 0 spiro atoms. The average Bonchev–Trinajstić information content (AvgIpc) is 3.86. The summed E-state index contributed by atoms with van der Waals surface area (Å²) in [5.74, 6) is -0.910. The van der Waals surface area contributed by atoms with Crippen LogP contribution in [0.5, 0.6) is 11.5 Å². The number of piperidine rings is 3. The van der Waals surface area contributed by atoms with E-state index in [4.69, 9.17) is 42.1 Å². The van der Waals surface area contributed by atoms with Crippen molar-refractivity contribution in [1.29, 1.82) is 0 Å². The first-order chi connectivity index (χ1) is 26.0. The summed E-state index contributed by atoms with van der Waals surface area (Å²) in [6.45, 7) is -0.308. The maximum Gasteiger partial charge on any atom is 0.415 e. The Morgan fingerprint density at radius 2 is 1.74 bits per heavy atom. The molecule has 16 heteroatoms. The molecule has 2 aromatic heterocycles. The maximum atomic E-state index is 15.1. The number of fused-ring (bicyclic) bond motifs is 3. The number of pyridine rings is 1. The van der Waals surface area contributed by atoms with Crippen molar-refractivity contribution < 1.29 is 51.6 Å². The van der Waals surface area contributed by atoms with Gasteiger partial charge in [-0.1, -0.05) is 41.4 Å². The predicted molar refractivity (Wildman–Crippen MR) is 193 cm³/mol. The minimum Gasteiger partial charge on any atom is -0.489 e. The zero-order valence-corrected chi connectivity index (χ0v) is 31.2. The Bertz CT molecular complexity index is 1970. The minimum atomic E-state index is -3.09. The van der Waals surface area contributed by atoms with Gasteiger partial charge in [-0.2, -0.15) is 8.78 Å². The van der Waals surface area contributed by atoms with Crippen molar-refractivity contribution in [2.45, 2.75) is 57.5 Å². The van der Waals surface area contributed by atoms with Gasteiger partial charge in [0.2, 0.25) is 12.4 Å². The first kappa shape index (κ1) is 38.1. The number of benzene rings is 2. The van der Waals surface area contributed by atoms with Crippen LogP contribution in [0.3, 0.4) is 0 Å². The summed E-state index contributed by atoms with van der Waals surface area (Å²) in [7, 11) is 0. The zero-order valence-electron chi connectivity index (χ0n) is 28.8. The van der Waals surface area contributed by atoms with Gasteiger partial charge in [-0.3, -0.25) is 15.0 Å². The fraction of sp³-hybridized carbons (Fsp3) is 0.395. The summed E-state index contributed by atoms with van der Waals surface area (Å²) < 4.78 is 64.9. The summed E-state index contributed by atoms with van der Waals surface area (Å²) in [5, 5.41) is 10.1. The lowest BCUT2D eigenvalue weighted by Crippen LogP contribution is -2.53. The molecule has 0 radical (unpaired) electrons. The Hall–Kier alpha value is -4.24. The zero-order chi connectivity index (χ0) is 37.9. The molecule has 2 aromatic carbocycles. The van der Waals surface area contributed by atoms with E-state index in [0.29, 0.717) is 39.8 Å². The number of anilines is 1. The monoisotopic (exact) mass is 806 g/mol. The Labute approximate surface area is 323 Å². The average molecular weight is 808 g/mol. The van der Waals surface area contributed by atoms with Crippen LogP contribution in [0.1, 0.15) is 57.5 Å². The van der Waals surface area contributed by atoms with E-state index in [1.54, 1.807) is 18.2 Å². The van der Waals surface area contributed by atoms with Crippen LogP contribution in [0.15, 0.2) is 67.0 Å². The van der Waals surface area contributed by atoms with Gasteiger partial charge in [-0.25, -0.2) is 14.0 Å².